The second-order valence-electron chi connectivity index (χ2n) is 4.22. The maximum Gasteiger partial charge on any atom is 0.318 e. The third-order valence-electron chi connectivity index (χ3n) is 2.77. The van der Waals surface area contributed by atoms with Crippen molar-refractivity contribution in [1.82, 2.24) is 14.3 Å². The Bertz CT molecular complexity index is 547. The van der Waals surface area contributed by atoms with Gasteiger partial charge >= 0.3 is 5.97 Å². The summed E-state index contributed by atoms with van der Waals surface area (Å²) in [5.74, 6) is -0.583. The van der Waals surface area contributed by atoms with Crippen molar-refractivity contribution in [3.8, 4) is 0 Å². The Morgan fingerprint density at radius 3 is 2.72 bits per heavy atom. The Hall–Kier alpha value is -1.41. The van der Waals surface area contributed by atoms with Gasteiger partial charge in [0.2, 0.25) is 0 Å². The van der Waals surface area contributed by atoms with E-state index < -0.39 is 22.5 Å². The number of carbonyl (C=O) groups is 1. The molecule has 1 fully saturated rings. The second kappa shape index (κ2) is 4.69. The Morgan fingerprint density at radius 2 is 2.28 bits per heavy atom. The van der Waals surface area contributed by atoms with Crippen LogP contribution >= 0.6 is 0 Å². The summed E-state index contributed by atoms with van der Waals surface area (Å²) in [5.41, 5.74) is 0. The molecule has 0 spiro atoms. The van der Waals surface area contributed by atoms with E-state index in [9.17, 15) is 13.2 Å². The van der Waals surface area contributed by atoms with Gasteiger partial charge in [-0.1, -0.05) is 6.92 Å². The minimum atomic E-state index is -3.79. The molecule has 1 saturated carbocycles. The van der Waals surface area contributed by atoms with Gasteiger partial charge in [-0.3, -0.25) is 4.79 Å². The molecule has 1 aromatic heterocycles. The molecule has 2 N–H and O–H groups in total. The number of aryl methyl sites for hydroxylation is 1. The predicted molar refractivity (Wildman–Crippen MR) is 62.5 cm³/mol. The van der Waals surface area contributed by atoms with Crippen molar-refractivity contribution < 1.29 is 18.3 Å². The lowest BCUT2D eigenvalue weighted by atomic mass is 10.5. The zero-order valence-electron chi connectivity index (χ0n) is 9.96. The molecule has 1 aliphatic carbocycles. The number of aliphatic carboxylic acids is 1. The summed E-state index contributed by atoms with van der Waals surface area (Å²) in [6.07, 6.45) is 3.26. The topological polar surface area (TPSA) is 103 Å². The zero-order valence-corrected chi connectivity index (χ0v) is 10.8. The predicted octanol–water partition coefficient (Wildman–Crippen LogP) is 0.210. The van der Waals surface area contributed by atoms with Gasteiger partial charge in [-0.25, -0.2) is 13.4 Å². The maximum absolute atomic E-state index is 12.3. The Balaban J connectivity index is 2.29. The van der Waals surface area contributed by atoms with Crippen LogP contribution in [0.25, 0.3) is 0 Å². The van der Waals surface area contributed by atoms with Gasteiger partial charge in [0.05, 0.1) is 6.20 Å². The molecule has 0 aliphatic heterocycles. The number of nitrogens with zero attached hydrogens (tertiary/aromatic N) is 2. The summed E-state index contributed by atoms with van der Waals surface area (Å²) < 4.78 is 25.6. The quantitative estimate of drug-likeness (QED) is 0.771. The second-order valence-corrected chi connectivity index (χ2v) is 6.08. The summed E-state index contributed by atoms with van der Waals surface area (Å²) in [4.78, 5) is 17.4. The molecule has 100 valence electrons. The fourth-order valence-electron chi connectivity index (χ4n) is 1.69. The summed E-state index contributed by atoms with van der Waals surface area (Å²) in [6, 6.07) is -0.195. The molecule has 1 aliphatic rings. The Morgan fingerprint density at radius 1 is 1.61 bits per heavy atom. The minimum Gasteiger partial charge on any atom is -0.480 e. The van der Waals surface area contributed by atoms with E-state index in [1.807, 2.05) is 6.92 Å². The first-order chi connectivity index (χ1) is 8.45. The standard InChI is InChI=1S/C10H15N3O4S/c1-2-8-11-5-9(12-8)18(16,17)13(6-10(14)15)7-3-4-7/h5,7H,2-4,6H2,1H3,(H,11,12)(H,14,15). The number of imidazole rings is 1. The lowest BCUT2D eigenvalue weighted by molar-refractivity contribution is -0.137. The van der Waals surface area contributed by atoms with Gasteiger partial charge in [-0.15, -0.1) is 0 Å². The van der Waals surface area contributed by atoms with Crippen molar-refractivity contribution in [1.29, 1.82) is 0 Å². The summed E-state index contributed by atoms with van der Waals surface area (Å²) in [6.45, 7) is 1.35. The van der Waals surface area contributed by atoms with Gasteiger partial charge in [0.15, 0.2) is 5.03 Å². The van der Waals surface area contributed by atoms with Crippen LogP contribution in [0.1, 0.15) is 25.6 Å². The highest BCUT2D eigenvalue weighted by atomic mass is 32.2. The molecule has 7 nitrogen and oxygen atoms in total. The number of hydrogen-bond acceptors (Lipinski definition) is 4. The highest BCUT2D eigenvalue weighted by Crippen LogP contribution is 2.31. The average molecular weight is 273 g/mol. The van der Waals surface area contributed by atoms with Gasteiger partial charge in [0.25, 0.3) is 10.0 Å². The summed E-state index contributed by atoms with van der Waals surface area (Å²) >= 11 is 0. The third-order valence-corrected chi connectivity index (χ3v) is 4.58. The van der Waals surface area contributed by atoms with Crippen molar-refractivity contribution in [2.45, 2.75) is 37.3 Å². The lowest BCUT2D eigenvalue weighted by Crippen LogP contribution is -2.37. The lowest BCUT2D eigenvalue weighted by Gasteiger charge is -2.18. The molecule has 2 rings (SSSR count). The number of sulfonamides is 1. The molecule has 18 heavy (non-hydrogen) atoms. The molecule has 0 atom stereocenters. The molecule has 0 aromatic carbocycles. The molecule has 0 amide bonds. The van der Waals surface area contributed by atoms with Crippen LogP contribution in [-0.2, 0) is 21.2 Å². The molecule has 8 heteroatoms. The average Bonchev–Trinajstić information content (AvgIpc) is 3.01. The van der Waals surface area contributed by atoms with Crippen molar-refractivity contribution in [2.24, 2.45) is 0 Å². The molecular formula is C10H15N3O4S. The molecule has 0 unspecified atom stereocenters. The van der Waals surface area contributed by atoms with Crippen molar-refractivity contribution >= 4 is 16.0 Å². The SMILES string of the molecule is CCc1ncc(S(=O)(=O)N(CC(=O)O)C2CC2)[nH]1. The minimum absolute atomic E-state index is 0.0347. The van der Waals surface area contributed by atoms with E-state index in [0.717, 1.165) is 4.31 Å². The first-order valence-electron chi connectivity index (χ1n) is 5.72. The molecule has 0 saturated heterocycles. The number of rotatable bonds is 6. The monoisotopic (exact) mass is 273 g/mol. The Kier molecular flexibility index (Phi) is 3.40. The van der Waals surface area contributed by atoms with Gasteiger partial charge in [-0.05, 0) is 12.8 Å². The fourth-order valence-corrected chi connectivity index (χ4v) is 3.26. The van der Waals surface area contributed by atoms with E-state index in [4.69, 9.17) is 5.11 Å². The summed E-state index contributed by atoms with van der Waals surface area (Å²) in [5, 5.41) is 8.76. The first-order valence-corrected chi connectivity index (χ1v) is 7.16. The fraction of sp³-hybridized carbons (Fsp3) is 0.600. The van der Waals surface area contributed by atoms with Crippen LogP contribution in [0.4, 0.5) is 0 Å². The van der Waals surface area contributed by atoms with E-state index in [-0.39, 0.29) is 11.1 Å². The first kappa shape index (κ1) is 13.0. The van der Waals surface area contributed by atoms with Crippen LogP contribution in [0.2, 0.25) is 0 Å². The molecular weight excluding hydrogens is 258 g/mol. The number of aromatic amines is 1. The largest absolute Gasteiger partial charge is 0.480 e. The van der Waals surface area contributed by atoms with Crippen LogP contribution in [0.3, 0.4) is 0 Å². The van der Waals surface area contributed by atoms with Gasteiger partial charge < -0.3 is 10.1 Å². The summed E-state index contributed by atoms with van der Waals surface area (Å²) in [7, 11) is -3.79. The van der Waals surface area contributed by atoms with E-state index >= 15 is 0 Å². The van der Waals surface area contributed by atoms with Crippen molar-refractivity contribution in [3.05, 3.63) is 12.0 Å². The van der Waals surface area contributed by atoms with E-state index in [2.05, 4.69) is 9.97 Å². The van der Waals surface area contributed by atoms with Crippen LogP contribution < -0.4 is 0 Å². The van der Waals surface area contributed by atoms with Crippen molar-refractivity contribution in [3.63, 3.8) is 0 Å². The highest BCUT2D eigenvalue weighted by molar-refractivity contribution is 7.89. The van der Waals surface area contributed by atoms with Gasteiger partial charge in [0.1, 0.15) is 12.4 Å². The highest BCUT2D eigenvalue weighted by Gasteiger charge is 2.40. The number of carboxylic acids is 1. The van der Waals surface area contributed by atoms with Crippen LogP contribution in [0.5, 0.6) is 0 Å². The zero-order chi connectivity index (χ0) is 13.3. The number of nitrogens with one attached hydrogen (secondary N) is 1. The van der Waals surface area contributed by atoms with Gasteiger partial charge in [0, 0.05) is 12.5 Å². The smallest absolute Gasteiger partial charge is 0.318 e. The number of hydrogen-bond donors (Lipinski definition) is 2. The molecule has 1 aromatic rings. The molecule has 1 heterocycles. The molecule has 0 radical (unpaired) electrons. The number of H-pyrrole nitrogens is 1. The third kappa shape index (κ3) is 2.54. The van der Waals surface area contributed by atoms with Crippen molar-refractivity contribution in [2.75, 3.05) is 6.54 Å². The number of carboxylic acid groups (broad SMARTS) is 1. The normalized spacial score (nSPS) is 16.1. The van der Waals surface area contributed by atoms with Crippen LogP contribution in [0, 0.1) is 0 Å². The van der Waals surface area contributed by atoms with Gasteiger partial charge in [-0.2, -0.15) is 4.31 Å². The Labute approximate surface area is 105 Å². The number of aromatic nitrogens is 2. The van der Waals surface area contributed by atoms with E-state index in [0.29, 0.717) is 25.1 Å². The molecule has 0 bridgehead atoms. The maximum atomic E-state index is 12.3. The van der Waals surface area contributed by atoms with Crippen LogP contribution in [-0.4, -0.2) is 46.4 Å². The van der Waals surface area contributed by atoms with E-state index in [1.54, 1.807) is 0 Å². The van der Waals surface area contributed by atoms with E-state index in [1.165, 1.54) is 6.20 Å². The van der Waals surface area contributed by atoms with Crippen LogP contribution in [0.15, 0.2) is 11.2 Å².